The maximum Gasteiger partial charge on any atom is 0.158 e. The average molecular weight is 875 g/mol. The molecule has 4 nitrogen and oxygen atoms in total. The molecule has 0 saturated heterocycles. The number of hydrogen-bond donors (Lipinski definition) is 1. The molecule has 0 bridgehead atoms. The number of allylic oxidation sites excluding steroid dienone is 17. The zero-order valence-corrected chi connectivity index (χ0v) is 38.8. The van der Waals surface area contributed by atoms with Crippen molar-refractivity contribution in [1.82, 2.24) is 0 Å². The largest absolute Gasteiger partial charge is 0.459 e. The molecule has 1 atom stereocenters. The maximum absolute atomic E-state index is 6.47. The SMILES string of the molecule is C=C/C=C\c1c(C)oc2c(N(C3=CC[C@H](c4ccc(-c5ccccc5/C=C/C=C(C=C)/C(/C=C\C)=C/C=C/Nc5cccc6c5OC(CC)=C(C=C)C6)cc4)C=C3)c3ccccc3)cccc12. The molecule has 1 aliphatic heterocycles. The molecule has 332 valence electrons. The third-order valence-electron chi connectivity index (χ3n) is 12.2. The molecule has 0 spiro atoms. The topological polar surface area (TPSA) is 37.6 Å². The van der Waals surface area contributed by atoms with Crippen molar-refractivity contribution in [2.45, 2.75) is 46.0 Å². The summed E-state index contributed by atoms with van der Waals surface area (Å²) in [5, 5.41) is 4.52. The van der Waals surface area contributed by atoms with E-state index in [1.165, 1.54) is 16.7 Å². The molecule has 5 aromatic carbocycles. The van der Waals surface area contributed by atoms with Crippen molar-refractivity contribution in [2.24, 2.45) is 0 Å². The van der Waals surface area contributed by atoms with Gasteiger partial charge in [-0.25, -0.2) is 0 Å². The van der Waals surface area contributed by atoms with Gasteiger partial charge >= 0.3 is 0 Å². The molecule has 2 aliphatic rings. The maximum atomic E-state index is 6.47. The fourth-order valence-corrected chi connectivity index (χ4v) is 8.82. The van der Waals surface area contributed by atoms with Crippen molar-refractivity contribution in [2.75, 3.05) is 10.2 Å². The van der Waals surface area contributed by atoms with Crippen LogP contribution < -0.4 is 15.0 Å². The minimum atomic E-state index is 0.255. The Morgan fingerprint density at radius 1 is 0.821 bits per heavy atom. The van der Waals surface area contributed by atoms with E-state index in [0.29, 0.717) is 0 Å². The Kier molecular flexibility index (Phi) is 14.8. The van der Waals surface area contributed by atoms with Crippen LogP contribution >= 0.6 is 0 Å². The Balaban J connectivity index is 0.966. The molecule has 1 N–H and O–H groups in total. The number of fused-ring (bicyclic) bond motifs is 2. The van der Waals surface area contributed by atoms with E-state index in [4.69, 9.17) is 9.15 Å². The van der Waals surface area contributed by atoms with Gasteiger partial charge in [-0.3, -0.25) is 0 Å². The van der Waals surface area contributed by atoms with Crippen molar-refractivity contribution in [3.8, 4) is 16.9 Å². The van der Waals surface area contributed by atoms with Gasteiger partial charge in [-0.05, 0) is 95.7 Å². The van der Waals surface area contributed by atoms with E-state index in [1.807, 2.05) is 56.5 Å². The summed E-state index contributed by atoms with van der Waals surface area (Å²) in [6, 6.07) is 40.7. The summed E-state index contributed by atoms with van der Waals surface area (Å²) in [7, 11) is 0. The summed E-state index contributed by atoms with van der Waals surface area (Å²) in [5.41, 5.74) is 15.2. The van der Waals surface area contributed by atoms with Crippen molar-refractivity contribution in [3.63, 3.8) is 0 Å². The lowest BCUT2D eigenvalue weighted by atomic mass is 9.89. The number of nitrogens with zero attached hydrogens (tertiary/aromatic N) is 1. The van der Waals surface area contributed by atoms with Gasteiger partial charge in [-0.15, -0.1) is 0 Å². The molecule has 0 saturated carbocycles. The summed E-state index contributed by atoms with van der Waals surface area (Å²) in [6.07, 6.45) is 35.7. The second-order valence-corrected chi connectivity index (χ2v) is 16.4. The van der Waals surface area contributed by atoms with Crippen molar-refractivity contribution < 1.29 is 9.15 Å². The van der Waals surface area contributed by atoms with Crippen molar-refractivity contribution >= 4 is 40.2 Å². The van der Waals surface area contributed by atoms with Gasteiger partial charge in [-0.2, -0.15) is 0 Å². The van der Waals surface area contributed by atoms with Gasteiger partial charge < -0.3 is 19.4 Å². The highest BCUT2D eigenvalue weighted by Gasteiger charge is 2.23. The highest BCUT2D eigenvalue weighted by atomic mass is 16.5. The fourth-order valence-electron chi connectivity index (χ4n) is 8.82. The van der Waals surface area contributed by atoms with Crippen molar-refractivity contribution in [1.29, 1.82) is 0 Å². The summed E-state index contributed by atoms with van der Waals surface area (Å²) < 4.78 is 12.8. The van der Waals surface area contributed by atoms with Crippen LogP contribution in [0.3, 0.4) is 0 Å². The van der Waals surface area contributed by atoms with Crippen molar-refractivity contribution in [3.05, 3.63) is 276 Å². The number of nitrogens with one attached hydrogen (secondary N) is 1. The zero-order chi connectivity index (χ0) is 46.5. The van der Waals surface area contributed by atoms with Crippen LogP contribution in [0.25, 0.3) is 34.2 Å². The number of ether oxygens (including phenoxy) is 1. The van der Waals surface area contributed by atoms with E-state index >= 15 is 0 Å². The number of rotatable bonds is 17. The quantitative estimate of drug-likeness (QED) is 0.0927. The first kappa shape index (κ1) is 45.5. The Bertz CT molecular complexity index is 3070. The van der Waals surface area contributed by atoms with Crippen LogP contribution in [0.4, 0.5) is 17.1 Å². The van der Waals surface area contributed by atoms with Crippen LogP contribution in [0.5, 0.6) is 5.75 Å². The van der Waals surface area contributed by atoms with Gasteiger partial charge in [0.25, 0.3) is 0 Å². The molecule has 8 rings (SSSR count). The molecule has 0 unspecified atom stereocenters. The van der Waals surface area contributed by atoms with Gasteiger partial charge in [0.15, 0.2) is 11.3 Å². The Hall–Kier alpha value is -8.08. The van der Waals surface area contributed by atoms with Crippen LogP contribution in [-0.4, -0.2) is 0 Å². The Morgan fingerprint density at radius 3 is 2.36 bits per heavy atom. The second-order valence-electron chi connectivity index (χ2n) is 16.4. The van der Waals surface area contributed by atoms with Gasteiger partial charge in [0, 0.05) is 52.9 Å². The number of para-hydroxylation sites is 3. The minimum Gasteiger partial charge on any atom is -0.459 e. The predicted molar refractivity (Wildman–Crippen MR) is 286 cm³/mol. The van der Waals surface area contributed by atoms with Gasteiger partial charge in [0.2, 0.25) is 0 Å². The molecule has 0 amide bonds. The van der Waals surface area contributed by atoms with E-state index in [-0.39, 0.29) is 5.92 Å². The standard InChI is InChI=1S/C63H58N2O2/c1-7-12-30-56-45(6)66-63-58(56)32-20-34-60(63)65(54-28-14-13-15-29-54)55-41-39-50(40-42-55)49-35-37-52(38-36-49)57-31-17-16-23-51(57)25-18-24-46(9-3)48(22-8-2)27-21-43-64-59-33-19-26-53-44-47(10-4)61(11-5)67-62(53)59/h7-10,12-39,41-43,50,64H,1,3-4,11,40,44H2,2,5-6H3/b22-8-,25-18+,30-12-,43-21+,46-24+,48-27+/t50-/m1/s1. The molecule has 1 aromatic heterocycles. The molecule has 6 aromatic rings. The van der Waals surface area contributed by atoms with Gasteiger partial charge in [0.05, 0.1) is 11.4 Å². The molecule has 4 heteroatoms. The van der Waals surface area contributed by atoms with Crippen LogP contribution in [-0.2, 0) is 6.42 Å². The highest BCUT2D eigenvalue weighted by Crippen LogP contribution is 2.42. The predicted octanol–water partition coefficient (Wildman–Crippen LogP) is 17.4. The van der Waals surface area contributed by atoms with E-state index in [1.54, 1.807) is 6.08 Å². The first-order chi connectivity index (χ1) is 32.9. The van der Waals surface area contributed by atoms with Gasteiger partial charge in [-0.1, -0.05) is 197 Å². The van der Waals surface area contributed by atoms with Crippen LogP contribution in [0.2, 0.25) is 0 Å². The lowest BCUT2D eigenvalue weighted by Gasteiger charge is -2.29. The smallest absolute Gasteiger partial charge is 0.158 e. The average Bonchev–Trinajstić information content (AvgIpc) is 3.70. The molecule has 0 radical (unpaired) electrons. The minimum absolute atomic E-state index is 0.255. The van der Waals surface area contributed by atoms with Crippen LogP contribution in [0.1, 0.15) is 60.6 Å². The number of aryl methyl sites for hydroxylation is 1. The number of hydrogen-bond acceptors (Lipinski definition) is 4. The van der Waals surface area contributed by atoms with Crippen LogP contribution in [0.15, 0.2) is 253 Å². The normalized spacial score (nSPS) is 15.4. The Labute approximate surface area is 397 Å². The Morgan fingerprint density at radius 2 is 1.61 bits per heavy atom. The van der Waals surface area contributed by atoms with E-state index < -0.39 is 0 Å². The third-order valence-corrected chi connectivity index (χ3v) is 12.2. The van der Waals surface area contributed by atoms with E-state index in [9.17, 15) is 0 Å². The molecular weight excluding hydrogens is 817 g/mol. The first-order valence-corrected chi connectivity index (χ1v) is 23.1. The van der Waals surface area contributed by atoms with Gasteiger partial charge in [0.1, 0.15) is 11.5 Å². The number of furan rings is 1. The molecular formula is C63H58N2O2. The van der Waals surface area contributed by atoms with E-state index in [2.05, 4.69) is 201 Å². The molecule has 0 fully saturated rings. The second kappa shape index (κ2) is 21.7. The van der Waals surface area contributed by atoms with Crippen LogP contribution in [0, 0.1) is 6.92 Å². The fraction of sp³-hybridized carbons (Fsp3) is 0.111. The molecule has 67 heavy (non-hydrogen) atoms. The summed E-state index contributed by atoms with van der Waals surface area (Å²) in [6.45, 7) is 18.2. The molecule has 1 aliphatic carbocycles. The zero-order valence-electron chi connectivity index (χ0n) is 38.8. The first-order valence-electron chi connectivity index (χ1n) is 23.1. The number of anilines is 3. The number of benzene rings is 5. The lowest BCUT2D eigenvalue weighted by molar-refractivity contribution is 0.390. The highest BCUT2D eigenvalue weighted by molar-refractivity contribution is 5.99. The summed E-state index contributed by atoms with van der Waals surface area (Å²) >= 11 is 0. The van der Waals surface area contributed by atoms with E-state index in [0.717, 1.165) is 104 Å². The monoisotopic (exact) mass is 874 g/mol. The third kappa shape index (κ3) is 10.3. The summed E-state index contributed by atoms with van der Waals surface area (Å²) in [4.78, 5) is 2.30. The molecule has 2 heterocycles. The summed E-state index contributed by atoms with van der Waals surface area (Å²) in [5.74, 6) is 2.99. The lowest BCUT2D eigenvalue weighted by Crippen LogP contribution is -2.17.